The molecule has 0 radical (unpaired) electrons. The molecule has 0 saturated carbocycles. The number of fused-ring (bicyclic) bond motifs is 1. The lowest BCUT2D eigenvalue weighted by Gasteiger charge is -2.19. The van der Waals surface area contributed by atoms with Crippen molar-refractivity contribution in [2.24, 2.45) is 7.05 Å². The number of carbonyl (C=O) groups excluding carboxylic acids is 1. The second-order valence-electron chi connectivity index (χ2n) is 4.65. The molecule has 108 valence electrons. The van der Waals surface area contributed by atoms with Crippen molar-refractivity contribution < 1.29 is 14.3 Å². The van der Waals surface area contributed by atoms with Crippen molar-refractivity contribution in [2.45, 2.75) is 0 Å². The lowest BCUT2D eigenvalue weighted by Crippen LogP contribution is -2.27. The molecule has 0 bridgehead atoms. The molecule has 1 aliphatic heterocycles. The molecule has 6 nitrogen and oxygen atoms in total. The van der Waals surface area contributed by atoms with E-state index in [0.29, 0.717) is 30.4 Å². The number of nitrogens with one attached hydrogen (secondary N) is 1. The van der Waals surface area contributed by atoms with E-state index in [9.17, 15) is 9.59 Å². The lowest BCUT2D eigenvalue weighted by atomic mass is 10.2. The number of pyridine rings is 1. The smallest absolute Gasteiger partial charge is 0.263 e. The Morgan fingerprint density at radius 3 is 2.76 bits per heavy atom. The third-order valence-electron chi connectivity index (χ3n) is 3.17. The maximum atomic E-state index is 12.2. The van der Waals surface area contributed by atoms with Gasteiger partial charge in [-0.2, -0.15) is 0 Å². The molecule has 2 heterocycles. The van der Waals surface area contributed by atoms with Gasteiger partial charge in [0.25, 0.3) is 11.5 Å². The van der Waals surface area contributed by atoms with Crippen LogP contribution in [0, 0.1) is 0 Å². The van der Waals surface area contributed by atoms with Gasteiger partial charge < -0.3 is 19.4 Å². The Hall–Kier alpha value is -2.76. The first-order chi connectivity index (χ1) is 10.1. The summed E-state index contributed by atoms with van der Waals surface area (Å²) in [5.41, 5.74) is 0.303. The van der Waals surface area contributed by atoms with Gasteiger partial charge in [-0.3, -0.25) is 9.59 Å². The Bertz CT molecular complexity index is 752. The second kappa shape index (κ2) is 5.32. The van der Waals surface area contributed by atoms with Gasteiger partial charge in [0.1, 0.15) is 18.8 Å². The number of ether oxygens (including phenoxy) is 2. The zero-order chi connectivity index (χ0) is 14.8. The Morgan fingerprint density at radius 1 is 1.19 bits per heavy atom. The third-order valence-corrected chi connectivity index (χ3v) is 3.17. The first-order valence-corrected chi connectivity index (χ1v) is 6.52. The number of benzene rings is 1. The van der Waals surface area contributed by atoms with E-state index in [4.69, 9.17) is 9.47 Å². The van der Waals surface area contributed by atoms with Crippen LogP contribution < -0.4 is 20.3 Å². The quantitative estimate of drug-likeness (QED) is 0.906. The number of rotatable bonds is 2. The summed E-state index contributed by atoms with van der Waals surface area (Å²) in [6, 6.07) is 8.27. The molecule has 1 aromatic heterocycles. The fourth-order valence-corrected chi connectivity index (χ4v) is 2.09. The Labute approximate surface area is 120 Å². The van der Waals surface area contributed by atoms with Crippen LogP contribution in [-0.4, -0.2) is 23.7 Å². The van der Waals surface area contributed by atoms with Crippen LogP contribution in [0.1, 0.15) is 10.4 Å². The van der Waals surface area contributed by atoms with Crippen molar-refractivity contribution in [2.75, 3.05) is 18.5 Å². The average molecular weight is 286 g/mol. The predicted octanol–water partition coefficient (Wildman–Crippen LogP) is 1.41. The Kier molecular flexibility index (Phi) is 3.35. The van der Waals surface area contributed by atoms with Crippen molar-refractivity contribution in [1.29, 1.82) is 0 Å². The monoisotopic (exact) mass is 286 g/mol. The minimum absolute atomic E-state index is 0.0925. The highest BCUT2D eigenvalue weighted by atomic mass is 16.6. The van der Waals surface area contributed by atoms with E-state index < -0.39 is 5.91 Å². The van der Waals surface area contributed by atoms with Crippen molar-refractivity contribution in [3.63, 3.8) is 0 Å². The van der Waals surface area contributed by atoms with Gasteiger partial charge >= 0.3 is 0 Å². The molecular formula is C15H14N2O4. The number of hydrogen-bond acceptors (Lipinski definition) is 4. The zero-order valence-electron chi connectivity index (χ0n) is 11.5. The first-order valence-electron chi connectivity index (χ1n) is 6.52. The number of aryl methyl sites for hydroxylation is 1. The molecule has 0 unspecified atom stereocenters. The summed E-state index contributed by atoms with van der Waals surface area (Å²) in [7, 11) is 1.60. The number of hydrogen-bond donors (Lipinski definition) is 1. The molecule has 1 amide bonds. The van der Waals surface area contributed by atoms with Crippen LogP contribution in [0.4, 0.5) is 5.69 Å². The largest absolute Gasteiger partial charge is 0.486 e. The number of carbonyl (C=O) groups is 1. The van der Waals surface area contributed by atoms with Crippen molar-refractivity contribution in [3.05, 3.63) is 52.4 Å². The average Bonchev–Trinajstić information content (AvgIpc) is 2.50. The fraction of sp³-hybridized carbons (Fsp3) is 0.200. The van der Waals surface area contributed by atoms with E-state index in [-0.39, 0.29) is 11.1 Å². The first kappa shape index (κ1) is 13.2. The summed E-state index contributed by atoms with van der Waals surface area (Å²) in [5.74, 6) is 0.780. The highest BCUT2D eigenvalue weighted by molar-refractivity contribution is 6.04. The molecule has 0 spiro atoms. The third kappa shape index (κ3) is 2.60. The topological polar surface area (TPSA) is 69.6 Å². The van der Waals surface area contributed by atoms with E-state index in [1.54, 1.807) is 37.5 Å². The molecule has 21 heavy (non-hydrogen) atoms. The molecular weight excluding hydrogens is 272 g/mol. The minimum Gasteiger partial charge on any atom is -0.486 e. The summed E-state index contributed by atoms with van der Waals surface area (Å²) in [6.45, 7) is 0.988. The molecule has 6 heteroatoms. The summed E-state index contributed by atoms with van der Waals surface area (Å²) in [5, 5.41) is 2.69. The van der Waals surface area contributed by atoms with Crippen molar-refractivity contribution in [3.8, 4) is 11.5 Å². The SMILES string of the molecule is Cn1cccc(C(=O)Nc2ccc3c(c2)OCCO3)c1=O. The molecule has 3 rings (SSSR count). The van der Waals surface area contributed by atoms with Crippen LogP contribution in [0.15, 0.2) is 41.3 Å². The number of nitrogens with zero attached hydrogens (tertiary/aromatic N) is 1. The number of aromatic nitrogens is 1. The van der Waals surface area contributed by atoms with Crippen LogP contribution in [0.2, 0.25) is 0 Å². The van der Waals surface area contributed by atoms with Crippen LogP contribution in [0.25, 0.3) is 0 Å². The van der Waals surface area contributed by atoms with Crippen LogP contribution in [-0.2, 0) is 7.05 Å². The number of anilines is 1. The van der Waals surface area contributed by atoms with Gasteiger partial charge in [-0.05, 0) is 24.3 Å². The summed E-state index contributed by atoms with van der Waals surface area (Å²) < 4.78 is 12.2. The number of amides is 1. The maximum Gasteiger partial charge on any atom is 0.263 e. The van der Waals surface area contributed by atoms with Crippen LogP contribution in [0.3, 0.4) is 0 Å². The summed E-state index contributed by atoms with van der Waals surface area (Å²) >= 11 is 0. The molecule has 0 aliphatic carbocycles. The zero-order valence-corrected chi connectivity index (χ0v) is 11.5. The van der Waals surface area contributed by atoms with E-state index in [0.717, 1.165) is 0 Å². The molecule has 0 saturated heterocycles. The molecule has 0 atom stereocenters. The molecule has 2 aromatic rings. The van der Waals surface area contributed by atoms with E-state index >= 15 is 0 Å². The Balaban J connectivity index is 1.85. The van der Waals surface area contributed by atoms with Gasteiger partial charge in [0.15, 0.2) is 11.5 Å². The van der Waals surface area contributed by atoms with Crippen molar-refractivity contribution >= 4 is 11.6 Å². The van der Waals surface area contributed by atoms with Crippen molar-refractivity contribution in [1.82, 2.24) is 4.57 Å². The van der Waals surface area contributed by atoms with Gasteiger partial charge in [-0.15, -0.1) is 0 Å². The molecule has 1 N–H and O–H groups in total. The van der Waals surface area contributed by atoms with Gasteiger partial charge in [0.2, 0.25) is 0 Å². The highest BCUT2D eigenvalue weighted by Gasteiger charge is 2.15. The summed E-state index contributed by atoms with van der Waals surface area (Å²) in [6.07, 6.45) is 1.60. The van der Waals surface area contributed by atoms with E-state index in [1.165, 1.54) is 10.6 Å². The minimum atomic E-state index is -0.451. The van der Waals surface area contributed by atoms with Crippen LogP contribution >= 0.6 is 0 Å². The van der Waals surface area contributed by atoms with Gasteiger partial charge in [-0.25, -0.2) is 0 Å². The fourth-order valence-electron chi connectivity index (χ4n) is 2.09. The maximum absolute atomic E-state index is 12.2. The molecule has 1 aromatic carbocycles. The highest BCUT2D eigenvalue weighted by Crippen LogP contribution is 2.32. The van der Waals surface area contributed by atoms with Gasteiger partial charge in [-0.1, -0.05) is 0 Å². The van der Waals surface area contributed by atoms with Crippen LogP contribution in [0.5, 0.6) is 11.5 Å². The predicted molar refractivity (Wildman–Crippen MR) is 77.1 cm³/mol. The standard InChI is InChI=1S/C15H14N2O4/c1-17-6-2-3-11(15(17)19)14(18)16-10-4-5-12-13(9-10)21-8-7-20-12/h2-6,9H,7-8H2,1H3,(H,16,18). The second-order valence-corrected chi connectivity index (χ2v) is 4.65. The van der Waals surface area contributed by atoms with Gasteiger partial charge in [0.05, 0.1) is 0 Å². The summed E-state index contributed by atoms with van der Waals surface area (Å²) in [4.78, 5) is 24.0. The molecule has 1 aliphatic rings. The molecule has 0 fully saturated rings. The van der Waals surface area contributed by atoms with E-state index in [2.05, 4.69) is 5.32 Å². The lowest BCUT2D eigenvalue weighted by molar-refractivity contribution is 0.102. The Morgan fingerprint density at radius 2 is 1.95 bits per heavy atom. The van der Waals surface area contributed by atoms with E-state index in [1.807, 2.05) is 0 Å². The normalized spacial score (nSPS) is 12.8. The van der Waals surface area contributed by atoms with Gasteiger partial charge in [0, 0.05) is 25.0 Å².